The molecule has 0 spiro atoms. The number of aromatic amines is 1. The largest absolute Gasteiger partial charge is 0.389 e. The summed E-state index contributed by atoms with van der Waals surface area (Å²) in [6, 6.07) is 0.896. The highest BCUT2D eigenvalue weighted by molar-refractivity contribution is 5.76. The third kappa shape index (κ3) is 3.12. The second-order valence-corrected chi connectivity index (χ2v) is 3.79. The van der Waals surface area contributed by atoms with Gasteiger partial charge in [0.15, 0.2) is 0 Å². The summed E-state index contributed by atoms with van der Waals surface area (Å²) >= 11 is 0. The van der Waals surface area contributed by atoms with Crippen molar-refractivity contribution in [2.24, 2.45) is 0 Å². The van der Waals surface area contributed by atoms with Crippen LogP contribution in [0.2, 0.25) is 0 Å². The molecule has 0 aliphatic heterocycles. The predicted molar refractivity (Wildman–Crippen MR) is 61.8 cm³/mol. The van der Waals surface area contributed by atoms with E-state index in [1.807, 2.05) is 0 Å². The number of hydrogen-bond donors (Lipinski definition) is 2. The minimum Gasteiger partial charge on any atom is -0.358 e. The molecule has 0 aliphatic rings. The Morgan fingerprint density at radius 3 is 3.05 bits per heavy atom. The molecule has 2 aromatic heterocycles. The second kappa shape index (κ2) is 5.25. The average Bonchev–Trinajstić information content (AvgIpc) is 2.98. The van der Waals surface area contributed by atoms with Crippen LogP contribution in [0, 0.1) is 10.1 Å². The van der Waals surface area contributed by atoms with E-state index in [2.05, 4.69) is 25.6 Å². The van der Waals surface area contributed by atoms with E-state index < -0.39 is 4.92 Å². The lowest BCUT2D eigenvalue weighted by atomic mass is 10.3. The average molecular weight is 265 g/mol. The second-order valence-electron chi connectivity index (χ2n) is 3.79. The van der Waals surface area contributed by atoms with E-state index in [9.17, 15) is 14.9 Å². The van der Waals surface area contributed by atoms with Gasteiger partial charge < -0.3 is 15.4 Å². The van der Waals surface area contributed by atoms with Crippen LogP contribution >= 0.6 is 0 Å². The van der Waals surface area contributed by atoms with Crippen LogP contribution in [0.1, 0.15) is 18.8 Å². The van der Waals surface area contributed by atoms with Crippen molar-refractivity contribution >= 4 is 11.7 Å². The van der Waals surface area contributed by atoms with Crippen LogP contribution in [0.3, 0.4) is 0 Å². The SMILES string of the molecule is CC(NC(=O)Cn1ccc([N+](=O)[O-])n1)c1ncn[nH]1. The number of amides is 1. The lowest BCUT2D eigenvalue weighted by Crippen LogP contribution is -2.30. The molecule has 10 nitrogen and oxygen atoms in total. The van der Waals surface area contributed by atoms with Gasteiger partial charge in [0.05, 0.1) is 23.4 Å². The Balaban J connectivity index is 1.92. The fraction of sp³-hybridized carbons (Fsp3) is 0.333. The fourth-order valence-corrected chi connectivity index (χ4v) is 1.46. The van der Waals surface area contributed by atoms with Gasteiger partial charge in [-0.25, -0.2) is 4.98 Å². The van der Waals surface area contributed by atoms with Crippen LogP contribution in [-0.4, -0.2) is 35.8 Å². The summed E-state index contributed by atoms with van der Waals surface area (Å²) in [5.74, 6) is -0.0993. The highest BCUT2D eigenvalue weighted by atomic mass is 16.6. The maximum absolute atomic E-state index is 11.7. The van der Waals surface area contributed by atoms with Gasteiger partial charge in [-0.15, -0.1) is 0 Å². The summed E-state index contributed by atoms with van der Waals surface area (Å²) in [5, 5.41) is 23.1. The minimum atomic E-state index is -0.619. The molecule has 10 heteroatoms. The first kappa shape index (κ1) is 12.7. The van der Waals surface area contributed by atoms with E-state index in [4.69, 9.17) is 0 Å². The normalized spacial score (nSPS) is 12.1. The van der Waals surface area contributed by atoms with Gasteiger partial charge >= 0.3 is 5.82 Å². The standard InChI is InChI=1S/C9H11N7O3/c1-6(9-10-5-11-13-9)12-8(17)4-15-3-2-7(14-15)16(18)19/h2-3,5-6H,4H2,1H3,(H,12,17)(H,10,11,13). The fourth-order valence-electron chi connectivity index (χ4n) is 1.46. The first-order valence-electron chi connectivity index (χ1n) is 5.38. The highest BCUT2D eigenvalue weighted by Gasteiger charge is 2.16. The predicted octanol–water partition coefficient (Wildman–Crippen LogP) is -0.213. The van der Waals surface area contributed by atoms with E-state index in [-0.39, 0.29) is 24.3 Å². The number of nitrogens with one attached hydrogen (secondary N) is 2. The van der Waals surface area contributed by atoms with Gasteiger partial charge in [0.1, 0.15) is 18.7 Å². The quantitative estimate of drug-likeness (QED) is 0.567. The molecule has 19 heavy (non-hydrogen) atoms. The van der Waals surface area contributed by atoms with Gasteiger partial charge in [0, 0.05) is 0 Å². The third-order valence-electron chi connectivity index (χ3n) is 2.34. The van der Waals surface area contributed by atoms with Gasteiger partial charge in [-0.05, 0) is 11.8 Å². The molecule has 0 aromatic carbocycles. The van der Waals surface area contributed by atoms with Crippen LogP contribution < -0.4 is 5.32 Å². The van der Waals surface area contributed by atoms with E-state index >= 15 is 0 Å². The zero-order chi connectivity index (χ0) is 13.8. The zero-order valence-electron chi connectivity index (χ0n) is 9.98. The number of carbonyl (C=O) groups excluding carboxylic acids is 1. The van der Waals surface area contributed by atoms with E-state index in [1.54, 1.807) is 6.92 Å². The van der Waals surface area contributed by atoms with E-state index in [0.29, 0.717) is 5.82 Å². The summed E-state index contributed by atoms with van der Waals surface area (Å²) in [4.78, 5) is 25.4. The summed E-state index contributed by atoms with van der Waals surface area (Å²) in [6.07, 6.45) is 2.71. The number of nitrogens with zero attached hydrogens (tertiary/aromatic N) is 5. The molecule has 0 saturated heterocycles. The number of H-pyrrole nitrogens is 1. The molecule has 0 fully saturated rings. The van der Waals surface area contributed by atoms with Gasteiger partial charge in [-0.2, -0.15) is 9.78 Å². The summed E-state index contributed by atoms with van der Waals surface area (Å²) in [6.45, 7) is 1.64. The van der Waals surface area contributed by atoms with Crippen molar-refractivity contribution in [3.05, 3.63) is 34.5 Å². The van der Waals surface area contributed by atoms with Crippen LogP contribution in [0.5, 0.6) is 0 Å². The number of carbonyl (C=O) groups is 1. The molecule has 0 aliphatic carbocycles. The number of rotatable bonds is 5. The van der Waals surface area contributed by atoms with Gasteiger partial charge in [0.2, 0.25) is 5.91 Å². The Hall–Kier alpha value is -2.78. The van der Waals surface area contributed by atoms with Crippen molar-refractivity contribution in [1.29, 1.82) is 0 Å². The Morgan fingerprint density at radius 2 is 2.47 bits per heavy atom. The van der Waals surface area contributed by atoms with Crippen molar-refractivity contribution in [1.82, 2.24) is 30.3 Å². The Morgan fingerprint density at radius 1 is 1.68 bits per heavy atom. The molecule has 0 saturated carbocycles. The summed E-state index contributed by atoms with van der Waals surface area (Å²) in [7, 11) is 0. The minimum absolute atomic E-state index is 0.105. The van der Waals surface area contributed by atoms with Crippen molar-refractivity contribution in [2.45, 2.75) is 19.5 Å². The molecular weight excluding hydrogens is 254 g/mol. The molecule has 2 rings (SSSR count). The van der Waals surface area contributed by atoms with Crippen molar-refractivity contribution in [2.75, 3.05) is 0 Å². The molecule has 1 atom stereocenters. The van der Waals surface area contributed by atoms with Crippen molar-refractivity contribution < 1.29 is 9.72 Å². The third-order valence-corrected chi connectivity index (χ3v) is 2.34. The smallest absolute Gasteiger partial charge is 0.358 e. The molecule has 100 valence electrons. The maximum Gasteiger partial charge on any atom is 0.389 e. The molecule has 0 radical (unpaired) electrons. The zero-order valence-corrected chi connectivity index (χ0v) is 9.98. The van der Waals surface area contributed by atoms with E-state index in [0.717, 1.165) is 0 Å². The molecule has 1 amide bonds. The van der Waals surface area contributed by atoms with Crippen LogP contribution in [0.4, 0.5) is 5.82 Å². The molecule has 2 aromatic rings. The number of hydrogen-bond acceptors (Lipinski definition) is 6. The lowest BCUT2D eigenvalue weighted by Gasteiger charge is -2.09. The highest BCUT2D eigenvalue weighted by Crippen LogP contribution is 2.06. The first-order valence-corrected chi connectivity index (χ1v) is 5.38. The van der Waals surface area contributed by atoms with Crippen LogP contribution in [0.25, 0.3) is 0 Å². The van der Waals surface area contributed by atoms with Crippen LogP contribution in [-0.2, 0) is 11.3 Å². The molecule has 1 unspecified atom stereocenters. The number of aromatic nitrogens is 5. The van der Waals surface area contributed by atoms with Crippen molar-refractivity contribution in [3.63, 3.8) is 0 Å². The van der Waals surface area contributed by atoms with E-state index in [1.165, 1.54) is 23.3 Å². The van der Waals surface area contributed by atoms with Gasteiger partial charge in [-0.3, -0.25) is 9.89 Å². The van der Waals surface area contributed by atoms with Crippen LogP contribution in [0.15, 0.2) is 18.6 Å². The topological polar surface area (TPSA) is 132 Å². The Kier molecular flexibility index (Phi) is 3.50. The van der Waals surface area contributed by atoms with Crippen molar-refractivity contribution in [3.8, 4) is 0 Å². The molecule has 2 N–H and O–H groups in total. The number of nitro groups is 1. The van der Waals surface area contributed by atoms with Gasteiger partial charge in [0.25, 0.3) is 0 Å². The Labute approximate surface area is 107 Å². The lowest BCUT2D eigenvalue weighted by molar-refractivity contribution is -0.389. The van der Waals surface area contributed by atoms with Gasteiger partial charge in [-0.1, -0.05) is 0 Å². The summed E-state index contributed by atoms with van der Waals surface area (Å²) < 4.78 is 1.20. The Bertz CT molecular complexity index is 576. The molecule has 2 heterocycles. The molecular formula is C9H11N7O3. The summed E-state index contributed by atoms with van der Waals surface area (Å²) in [5.41, 5.74) is 0. The molecule has 0 bridgehead atoms. The first-order chi connectivity index (χ1) is 9.06. The maximum atomic E-state index is 11.7. The monoisotopic (exact) mass is 265 g/mol.